The van der Waals surface area contributed by atoms with E-state index in [2.05, 4.69) is 41.3 Å². The van der Waals surface area contributed by atoms with Crippen molar-refractivity contribution in [3.63, 3.8) is 0 Å². The molecule has 1 saturated carbocycles. The summed E-state index contributed by atoms with van der Waals surface area (Å²) in [5, 5.41) is 28.1. The van der Waals surface area contributed by atoms with Gasteiger partial charge in [-0.15, -0.1) is 0 Å². The first-order valence-electron chi connectivity index (χ1n) is 14.9. The molecule has 230 valence electrons. The average Bonchev–Trinajstić information content (AvgIpc) is 3.64. The highest BCUT2D eigenvalue weighted by Crippen LogP contribution is 2.45. The van der Waals surface area contributed by atoms with Crippen LogP contribution in [0.3, 0.4) is 0 Å². The van der Waals surface area contributed by atoms with E-state index in [1.54, 1.807) is 12.3 Å². The molecular weight excluding hydrogens is 573 g/mol. The average molecular weight is 607 g/mol. The zero-order valence-corrected chi connectivity index (χ0v) is 24.0. The second-order valence-corrected chi connectivity index (χ2v) is 12.3. The Balaban J connectivity index is 0.981. The highest BCUT2D eigenvalue weighted by Gasteiger charge is 2.49. The maximum atomic E-state index is 13.6. The molecule has 3 aliphatic rings. The van der Waals surface area contributed by atoms with Gasteiger partial charge in [0.15, 0.2) is 0 Å². The first kappa shape index (κ1) is 28.7. The normalized spacial score (nSPS) is 23.8. The van der Waals surface area contributed by atoms with E-state index in [0.29, 0.717) is 37.7 Å². The molecule has 0 aromatic carbocycles. The lowest BCUT2D eigenvalue weighted by atomic mass is 9.69. The molecule has 2 aliphatic heterocycles. The monoisotopic (exact) mass is 606 g/mol. The van der Waals surface area contributed by atoms with Gasteiger partial charge in [0.05, 0.1) is 36.0 Å². The number of pyridine rings is 1. The third-order valence-corrected chi connectivity index (χ3v) is 9.25. The molecule has 0 bridgehead atoms. The van der Waals surface area contributed by atoms with Crippen molar-refractivity contribution in [3.8, 4) is 17.3 Å². The molecular formula is C30H33F3N10O. The quantitative estimate of drug-likeness (QED) is 0.274. The number of rotatable bonds is 8. The summed E-state index contributed by atoms with van der Waals surface area (Å²) in [6.07, 6.45) is 5.66. The van der Waals surface area contributed by atoms with E-state index in [9.17, 15) is 23.5 Å². The van der Waals surface area contributed by atoms with Crippen molar-refractivity contribution >= 4 is 16.9 Å². The first-order valence-corrected chi connectivity index (χ1v) is 14.9. The maximum absolute atomic E-state index is 13.6. The fourth-order valence-corrected chi connectivity index (χ4v) is 6.89. The van der Waals surface area contributed by atoms with Crippen molar-refractivity contribution in [3.05, 3.63) is 54.4 Å². The third kappa shape index (κ3) is 5.51. The van der Waals surface area contributed by atoms with Crippen LogP contribution in [-0.2, 0) is 18.3 Å². The number of hydrogen-bond acceptors (Lipinski definition) is 9. The number of anilines is 1. The van der Waals surface area contributed by atoms with Crippen LogP contribution in [0, 0.1) is 11.3 Å². The molecule has 0 atom stereocenters. The Bertz CT molecular complexity index is 1670. The smallest absolute Gasteiger partial charge is 0.390 e. The predicted molar refractivity (Wildman–Crippen MR) is 155 cm³/mol. The van der Waals surface area contributed by atoms with Gasteiger partial charge in [0.1, 0.15) is 23.5 Å². The second-order valence-electron chi connectivity index (χ2n) is 12.3. The fraction of sp³-hybridized carbons (Fsp3) is 0.500. The number of β-amino-alcohol motifs (C(OH)–C–C–N with tert-alkyl or cyclic N) is 1. The molecule has 3 fully saturated rings. The number of nitriles is 1. The van der Waals surface area contributed by atoms with Gasteiger partial charge in [-0.25, -0.2) is 15.0 Å². The Kier molecular flexibility index (Phi) is 7.26. The number of aromatic amines is 1. The van der Waals surface area contributed by atoms with Crippen LogP contribution < -0.4 is 5.32 Å². The SMILES string of the molecule is N#CC[C@]1(n2cc(-c3ncnc4[nH]ccc34)cn2)C[C@@H](N2CCC(Nc3cc(CN4CC(O)C4)cc(C(F)(F)F)n3)CC2)C1. The number of aromatic nitrogens is 6. The van der Waals surface area contributed by atoms with Gasteiger partial charge in [-0.1, -0.05) is 0 Å². The largest absolute Gasteiger partial charge is 0.433 e. The minimum atomic E-state index is -4.54. The van der Waals surface area contributed by atoms with E-state index < -0.39 is 18.0 Å². The maximum Gasteiger partial charge on any atom is 0.433 e. The lowest BCUT2D eigenvalue weighted by Crippen LogP contribution is -2.58. The molecule has 7 rings (SSSR count). The van der Waals surface area contributed by atoms with Gasteiger partial charge >= 0.3 is 6.18 Å². The number of aliphatic hydroxyl groups excluding tert-OH is 1. The van der Waals surface area contributed by atoms with Gasteiger partial charge in [-0.3, -0.25) is 9.58 Å². The number of nitrogens with one attached hydrogen (secondary N) is 2. The third-order valence-electron chi connectivity index (χ3n) is 9.25. The molecule has 14 heteroatoms. The van der Waals surface area contributed by atoms with Gasteiger partial charge in [0.25, 0.3) is 0 Å². The molecule has 6 heterocycles. The summed E-state index contributed by atoms with van der Waals surface area (Å²) in [4.78, 5) is 20.1. The molecule has 44 heavy (non-hydrogen) atoms. The van der Waals surface area contributed by atoms with Crippen molar-refractivity contribution in [2.75, 3.05) is 31.5 Å². The number of piperidine rings is 1. The molecule has 11 nitrogen and oxygen atoms in total. The zero-order valence-electron chi connectivity index (χ0n) is 24.0. The van der Waals surface area contributed by atoms with Gasteiger partial charge < -0.3 is 20.3 Å². The molecule has 1 aliphatic carbocycles. The summed E-state index contributed by atoms with van der Waals surface area (Å²) in [5.41, 5.74) is 1.66. The summed E-state index contributed by atoms with van der Waals surface area (Å²) in [5.74, 6) is 0.237. The molecule has 0 radical (unpaired) electrons. The number of likely N-dealkylation sites (tertiary alicyclic amines) is 2. The van der Waals surface area contributed by atoms with Crippen molar-refractivity contribution < 1.29 is 18.3 Å². The Hall–Kier alpha value is -4.06. The number of H-pyrrole nitrogens is 1. The van der Waals surface area contributed by atoms with Gasteiger partial charge in [-0.05, 0) is 49.4 Å². The van der Waals surface area contributed by atoms with Crippen molar-refractivity contribution in [2.45, 2.75) is 68.6 Å². The van der Waals surface area contributed by atoms with E-state index in [0.717, 1.165) is 67.1 Å². The number of halogens is 3. The summed E-state index contributed by atoms with van der Waals surface area (Å²) < 4.78 is 42.7. The van der Waals surface area contributed by atoms with Crippen molar-refractivity contribution in [2.24, 2.45) is 0 Å². The lowest BCUT2D eigenvalue weighted by Gasteiger charge is -2.52. The summed E-state index contributed by atoms with van der Waals surface area (Å²) in [7, 11) is 0. The molecule has 0 spiro atoms. The number of hydrogen-bond donors (Lipinski definition) is 3. The second kappa shape index (κ2) is 11.1. The minimum absolute atomic E-state index is 0.0108. The van der Waals surface area contributed by atoms with Crippen LogP contribution >= 0.6 is 0 Å². The Morgan fingerprint density at radius 3 is 2.68 bits per heavy atom. The Labute approximate surface area is 251 Å². The summed E-state index contributed by atoms with van der Waals surface area (Å²) in [6.45, 7) is 2.87. The molecule has 3 N–H and O–H groups in total. The van der Waals surface area contributed by atoms with Gasteiger partial charge in [0.2, 0.25) is 0 Å². The van der Waals surface area contributed by atoms with Crippen molar-refractivity contribution in [1.29, 1.82) is 5.26 Å². The molecule has 4 aromatic rings. The topological polar surface area (TPSA) is 135 Å². The van der Waals surface area contributed by atoms with Crippen LogP contribution in [0.4, 0.5) is 19.0 Å². The van der Waals surface area contributed by atoms with Crippen LogP contribution in [0.25, 0.3) is 22.3 Å². The van der Waals surface area contributed by atoms with Crippen LogP contribution in [0.2, 0.25) is 0 Å². The minimum Gasteiger partial charge on any atom is -0.390 e. The molecule has 4 aromatic heterocycles. The van der Waals surface area contributed by atoms with Gasteiger partial charge in [0, 0.05) is 68.2 Å². The fourth-order valence-electron chi connectivity index (χ4n) is 6.89. The van der Waals surface area contributed by atoms with Crippen molar-refractivity contribution in [1.82, 2.24) is 39.5 Å². The lowest BCUT2D eigenvalue weighted by molar-refractivity contribution is -0.141. The Morgan fingerprint density at radius 1 is 1.16 bits per heavy atom. The van der Waals surface area contributed by atoms with Crippen LogP contribution in [0.15, 0.2) is 43.1 Å². The number of fused-ring (bicyclic) bond motifs is 1. The van der Waals surface area contributed by atoms with E-state index in [1.165, 1.54) is 6.33 Å². The van der Waals surface area contributed by atoms with Crippen LogP contribution in [0.1, 0.15) is 43.4 Å². The van der Waals surface area contributed by atoms with Crippen LogP contribution in [0.5, 0.6) is 0 Å². The van der Waals surface area contributed by atoms with E-state index in [1.807, 2.05) is 28.0 Å². The van der Waals surface area contributed by atoms with E-state index >= 15 is 0 Å². The summed E-state index contributed by atoms with van der Waals surface area (Å²) in [6, 6.07) is 7.40. The Morgan fingerprint density at radius 2 is 1.95 bits per heavy atom. The van der Waals surface area contributed by atoms with Gasteiger partial charge in [-0.2, -0.15) is 23.5 Å². The number of nitrogens with zero attached hydrogens (tertiary/aromatic N) is 8. The highest BCUT2D eigenvalue weighted by molar-refractivity contribution is 5.90. The first-order chi connectivity index (χ1) is 21.2. The number of alkyl halides is 3. The summed E-state index contributed by atoms with van der Waals surface area (Å²) >= 11 is 0. The predicted octanol–water partition coefficient (Wildman–Crippen LogP) is 3.76. The van der Waals surface area contributed by atoms with Crippen LogP contribution in [-0.4, -0.2) is 89.0 Å². The standard InChI is InChI=1S/C30H33F3N10O/c31-30(32,33)25-9-19(14-41-16-23(44)17-41)10-26(40-25)39-21-2-7-42(8-3-21)22-11-29(12-22,4-5-34)43-15-20(13-38-43)27-24-1-6-35-28(24)37-18-36-27/h1,6,9-10,13,15,18,21-23,44H,2-4,7-8,11-12,14,16-17H2,(H,39,40)(H,35,36,37)/t22-,29+. The van der Waals surface area contributed by atoms with E-state index in [4.69, 9.17) is 0 Å². The zero-order chi connectivity index (χ0) is 30.5. The number of aliphatic hydroxyl groups is 1. The molecule has 0 unspecified atom stereocenters. The highest BCUT2D eigenvalue weighted by atomic mass is 19.4. The van der Waals surface area contributed by atoms with E-state index in [-0.39, 0.29) is 17.4 Å². The molecule has 2 saturated heterocycles. The molecule has 0 amide bonds.